The van der Waals surface area contributed by atoms with Gasteiger partial charge in [-0.05, 0) is 42.3 Å². The molecule has 0 heterocycles. The second-order valence-electron chi connectivity index (χ2n) is 4.28. The van der Waals surface area contributed by atoms with Gasteiger partial charge in [-0.3, -0.25) is 4.79 Å². The Morgan fingerprint density at radius 2 is 1.69 bits per heavy atom. The van der Waals surface area contributed by atoms with Crippen LogP contribution in [0.3, 0.4) is 0 Å². The fourth-order valence-corrected chi connectivity index (χ4v) is 2.58. The number of hydrogen-bond acceptors (Lipinski definition) is 1. The Labute approximate surface area is 92.9 Å². The first-order valence-corrected chi connectivity index (χ1v) is 5.42. The summed E-state index contributed by atoms with van der Waals surface area (Å²) in [5, 5.41) is 1.48. The third-order valence-corrected chi connectivity index (χ3v) is 3.33. The summed E-state index contributed by atoms with van der Waals surface area (Å²) in [6, 6.07) is 7.00. The van der Waals surface area contributed by atoms with Crippen molar-refractivity contribution in [1.82, 2.24) is 0 Å². The average molecular weight is 214 g/mol. The molecule has 2 aromatic rings. The van der Waals surface area contributed by atoms with Gasteiger partial charge in [0, 0.05) is 10.9 Å². The predicted octanol–water partition coefficient (Wildman–Crippen LogP) is 3.28. The van der Waals surface area contributed by atoms with Crippen LogP contribution in [0.1, 0.15) is 28.4 Å². The fraction of sp³-hybridized carbons (Fsp3) is 0.214. The first-order chi connectivity index (χ1) is 7.68. The van der Waals surface area contributed by atoms with Crippen LogP contribution >= 0.6 is 0 Å². The molecule has 2 heteroatoms. The summed E-state index contributed by atoms with van der Waals surface area (Å²) < 4.78 is 13.8. The van der Waals surface area contributed by atoms with Crippen LogP contribution < -0.4 is 0 Å². The van der Waals surface area contributed by atoms with E-state index in [-0.39, 0.29) is 11.6 Å². The molecule has 80 valence electrons. The number of benzene rings is 2. The van der Waals surface area contributed by atoms with E-state index in [0.717, 1.165) is 29.4 Å². The highest BCUT2D eigenvalue weighted by atomic mass is 19.1. The molecule has 3 rings (SSSR count). The molecule has 0 N–H and O–H groups in total. The van der Waals surface area contributed by atoms with Gasteiger partial charge in [0.1, 0.15) is 5.82 Å². The molecule has 0 bridgehead atoms. The lowest BCUT2D eigenvalue weighted by Crippen LogP contribution is -1.97. The Morgan fingerprint density at radius 1 is 1.06 bits per heavy atom. The first kappa shape index (κ1) is 9.52. The summed E-state index contributed by atoms with van der Waals surface area (Å²) in [6.45, 7) is 1.48. The van der Waals surface area contributed by atoms with Crippen molar-refractivity contribution in [3.05, 3.63) is 46.8 Å². The van der Waals surface area contributed by atoms with Crippen LogP contribution in [0.25, 0.3) is 10.8 Å². The number of carbonyl (C=O) groups is 1. The molecule has 0 radical (unpaired) electrons. The third-order valence-electron chi connectivity index (χ3n) is 3.33. The topological polar surface area (TPSA) is 17.1 Å². The van der Waals surface area contributed by atoms with Crippen molar-refractivity contribution in [2.24, 2.45) is 0 Å². The zero-order chi connectivity index (χ0) is 11.3. The molecule has 16 heavy (non-hydrogen) atoms. The molecule has 0 aliphatic heterocycles. The molecule has 0 saturated carbocycles. The van der Waals surface area contributed by atoms with Gasteiger partial charge in [-0.2, -0.15) is 0 Å². The van der Waals surface area contributed by atoms with Crippen molar-refractivity contribution in [3.63, 3.8) is 0 Å². The summed E-state index contributed by atoms with van der Waals surface area (Å²) in [7, 11) is 0. The van der Waals surface area contributed by atoms with Gasteiger partial charge in [-0.15, -0.1) is 0 Å². The van der Waals surface area contributed by atoms with Gasteiger partial charge in [-0.25, -0.2) is 4.39 Å². The van der Waals surface area contributed by atoms with Gasteiger partial charge < -0.3 is 0 Å². The summed E-state index contributed by atoms with van der Waals surface area (Å²) in [5.74, 6) is -0.359. The molecular formula is C14H11FO. The summed E-state index contributed by atoms with van der Waals surface area (Å²) in [6.07, 6.45) is 1.90. The minimum absolute atomic E-state index is 0.0745. The molecule has 2 aromatic carbocycles. The molecule has 0 spiro atoms. The van der Waals surface area contributed by atoms with Crippen molar-refractivity contribution in [2.45, 2.75) is 19.8 Å². The van der Waals surface area contributed by atoms with Crippen LogP contribution in [0.15, 0.2) is 24.3 Å². The lowest BCUT2D eigenvalue weighted by atomic mass is 9.97. The smallest absolute Gasteiger partial charge is 0.160 e. The maximum atomic E-state index is 13.8. The number of ketones is 1. The van der Waals surface area contributed by atoms with E-state index in [1.54, 1.807) is 6.07 Å². The zero-order valence-corrected chi connectivity index (χ0v) is 9.01. The molecule has 0 atom stereocenters. The molecule has 0 unspecified atom stereocenters. The first-order valence-electron chi connectivity index (χ1n) is 5.42. The van der Waals surface area contributed by atoms with Crippen LogP contribution in [-0.4, -0.2) is 5.78 Å². The maximum Gasteiger partial charge on any atom is 0.160 e. The molecule has 0 amide bonds. The van der Waals surface area contributed by atoms with Gasteiger partial charge in [0.05, 0.1) is 0 Å². The molecular weight excluding hydrogens is 203 g/mol. The predicted molar refractivity (Wildman–Crippen MR) is 61.3 cm³/mol. The average Bonchev–Trinajstić information content (AvgIpc) is 2.67. The van der Waals surface area contributed by atoms with Crippen LogP contribution in [0.4, 0.5) is 4.39 Å². The van der Waals surface area contributed by atoms with E-state index in [9.17, 15) is 9.18 Å². The second kappa shape index (κ2) is 3.14. The lowest BCUT2D eigenvalue weighted by Gasteiger charge is -2.07. The van der Waals surface area contributed by atoms with E-state index >= 15 is 0 Å². The summed E-state index contributed by atoms with van der Waals surface area (Å²) in [5.41, 5.74) is 2.82. The number of hydrogen-bond donors (Lipinski definition) is 0. The summed E-state index contributed by atoms with van der Waals surface area (Å²) in [4.78, 5) is 11.5. The Morgan fingerprint density at radius 3 is 2.31 bits per heavy atom. The number of aryl methyl sites for hydroxylation is 2. The van der Waals surface area contributed by atoms with E-state index < -0.39 is 0 Å². The largest absolute Gasteiger partial charge is 0.294 e. The Hall–Kier alpha value is -1.70. The molecule has 0 aromatic heterocycles. The highest BCUT2D eigenvalue weighted by Gasteiger charge is 2.19. The standard InChI is InChI=1S/C14H11FO/c1-8(16)11-6-4-9-2-3-10-5-7-12(15)14(11)13(9)10/h4-7H,2-3H2,1H3. The maximum absolute atomic E-state index is 13.8. The number of rotatable bonds is 1. The third kappa shape index (κ3) is 1.13. The number of Topliss-reactive ketones (excluding diaryl/α,β-unsaturated/α-hetero) is 1. The molecule has 0 saturated heterocycles. The monoisotopic (exact) mass is 214 g/mol. The van der Waals surface area contributed by atoms with Crippen LogP contribution in [0.2, 0.25) is 0 Å². The van der Waals surface area contributed by atoms with Crippen LogP contribution in [0.5, 0.6) is 0 Å². The van der Waals surface area contributed by atoms with Gasteiger partial charge >= 0.3 is 0 Å². The minimum Gasteiger partial charge on any atom is -0.294 e. The number of halogens is 1. The van der Waals surface area contributed by atoms with Gasteiger partial charge in [0.2, 0.25) is 0 Å². The number of carbonyl (C=O) groups excluding carboxylic acids is 1. The van der Waals surface area contributed by atoms with Gasteiger partial charge in [0.25, 0.3) is 0 Å². The van der Waals surface area contributed by atoms with Crippen LogP contribution in [-0.2, 0) is 12.8 Å². The highest BCUT2D eigenvalue weighted by molar-refractivity contribution is 6.09. The highest BCUT2D eigenvalue weighted by Crippen LogP contribution is 2.34. The van der Waals surface area contributed by atoms with Crippen molar-refractivity contribution >= 4 is 16.6 Å². The lowest BCUT2D eigenvalue weighted by molar-refractivity contribution is 0.101. The fourth-order valence-electron chi connectivity index (χ4n) is 2.58. The van der Waals surface area contributed by atoms with Crippen molar-refractivity contribution < 1.29 is 9.18 Å². The molecule has 1 aliphatic rings. The Kier molecular flexibility index (Phi) is 1.87. The minimum atomic E-state index is -0.285. The van der Waals surface area contributed by atoms with E-state index in [1.807, 2.05) is 12.1 Å². The van der Waals surface area contributed by atoms with Gasteiger partial charge in [-0.1, -0.05) is 18.2 Å². The van der Waals surface area contributed by atoms with E-state index in [0.29, 0.717) is 10.9 Å². The Bertz CT molecular complexity index is 603. The second-order valence-corrected chi connectivity index (χ2v) is 4.28. The van der Waals surface area contributed by atoms with Crippen molar-refractivity contribution in [1.29, 1.82) is 0 Å². The van der Waals surface area contributed by atoms with E-state index in [1.165, 1.54) is 13.0 Å². The molecule has 1 nitrogen and oxygen atoms in total. The van der Waals surface area contributed by atoms with Crippen molar-refractivity contribution in [2.75, 3.05) is 0 Å². The van der Waals surface area contributed by atoms with Crippen molar-refractivity contribution in [3.8, 4) is 0 Å². The van der Waals surface area contributed by atoms with Gasteiger partial charge in [0.15, 0.2) is 5.78 Å². The summed E-state index contributed by atoms with van der Waals surface area (Å²) >= 11 is 0. The SMILES string of the molecule is CC(=O)c1ccc2c3c(ccc(F)c13)CC2. The van der Waals surface area contributed by atoms with Crippen LogP contribution in [0, 0.1) is 5.82 Å². The quantitative estimate of drug-likeness (QED) is 0.666. The normalized spacial score (nSPS) is 13.4. The van der Waals surface area contributed by atoms with E-state index in [4.69, 9.17) is 0 Å². The zero-order valence-electron chi connectivity index (χ0n) is 9.01. The Balaban J connectivity index is 2.53. The molecule has 1 aliphatic carbocycles. The molecule has 0 fully saturated rings. The van der Waals surface area contributed by atoms with E-state index in [2.05, 4.69) is 0 Å².